The maximum Gasteiger partial charge on any atom is 0.336 e. The van der Waals surface area contributed by atoms with Crippen LogP contribution in [0.3, 0.4) is 0 Å². The van der Waals surface area contributed by atoms with Gasteiger partial charge < -0.3 is 10.2 Å². The second-order valence-corrected chi connectivity index (χ2v) is 7.78. The van der Waals surface area contributed by atoms with Crippen LogP contribution < -0.4 is 16.6 Å². The Morgan fingerprint density at radius 3 is 2.48 bits per heavy atom. The van der Waals surface area contributed by atoms with E-state index in [-0.39, 0.29) is 17.0 Å². The maximum atomic E-state index is 14.4. The third-order valence-corrected chi connectivity index (χ3v) is 5.78. The van der Waals surface area contributed by atoms with E-state index in [0.717, 1.165) is 24.2 Å². The highest BCUT2D eigenvalue weighted by atomic mass is 19.1. The summed E-state index contributed by atoms with van der Waals surface area (Å²) in [4.78, 5) is 41.5. The van der Waals surface area contributed by atoms with Gasteiger partial charge in [0.1, 0.15) is 11.9 Å². The zero-order valence-corrected chi connectivity index (χ0v) is 17.4. The van der Waals surface area contributed by atoms with Crippen molar-refractivity contribution >= 4 is 16.8 Å². The number of aromatic nitrogens is 2. The van der Waals surface area contributed by atoms with Crippen LogP contribution in [0.4, 0.5) is 4.39 Å². The highest BCUT2D eigenvalue weighted by Gasteiger charge is 2.23. The van der Waals surface area contributed by atoms with Gasteiger partial charge in [0.25, 0.3) is 5.56 Å². The van der Waals surface area contributed by atoms with Gasteiger partial charge in [0.15, 0.2) is 0 Å². The summed E-state index contributed by atoms with van der Waals surface area (Å²) in [5, 5.41) is 3.12. The number of likely N-dealkylation sites (tertiary alicyclic amines) is 1. The molecule has 4 rings (SSSR count). The summed E-state index contributed by atoms with van der Waals surface area (Å²) in [7, 11) is 0. The van der Waals surface area contributed by atoms with E-state index in [9.17, 15) is 18.8 Å². The first-order valence-corrected chi connectivity index (χ1v) is 10.5. The number of hydrogen-bond acceptors (Lipinski definition) is 4. The minimum absolute atomic E-state index is 0.140. The lowest BCUT2D eigenvalue weighted by molar-refractivity contribution is -0.123. The molecule has 1 amide bonds. The third kappa shape index (κ3) is 4.03. The number of rotatable bonds is 6. The fourth-order valence-electron chi connectivity index (χ4n) is 4.11. The highest BCUT2D eigenvalue weighted by molar-refractivity contribution is 5.84. The number of para-hydroxylation sites is 2. The van der Waals surface area contributed by atoms with Crippen LogP contribution in [0.2, 0.25) is 0 Å². The largest absolute Gasteiger partial charge is 0.353 e. The van der Waals surface area contributed by atoms with Crippen LogP contribution >= 0.6 is 0 Å². The molecular weight excluding hydrogens is 399 g/mol. The van der Waals surface area contributed by atoms with E-state index in [0.29, 0.717) is 12.1 Å². The van der Waals surface area contributed by atoms with Crippen molar-refractivity contribution < 1.29 is 9.18 Å². The predicted octanol–water partition coefficient (Wildman–Crippen LogP) is 2.06. The number of halogens is 1. The Kier molecular flexibility index (Phi) is 5.99. The Morgan fingerprint density at radius 1 is 1.06 bits per heavy atom. The normalized spacial score (nSPS) is 15.3. The average Bonchev–Trinajstić information content (AvgIpc) is 3.28. The van der Waals surface area contributed by atoms with Gasteiger partial charge in [0.05, 0.1) is 16.6 Å². The molecule has 8 heteroatoms. The number of nitrogens with one attached hydrogen (secondary N) is 1. The molecule has 1 aromatic heterocycles. The van der Waals surface area contributed by atoms with Crippen molar-refractivity contribution in [1.29, 1.82) is 0 Å². The molecule has 1 unspecified atom stereocenters. The molecule has 0 spiro atoms. The summed E-state index contributed by atoms with van der Waals surface area (Å²) < 4.78 is 16.5. The van der Waals surface area contributed by atoms with Gasteiger partial charge in [-0.3, -0.25) is 14.2 Å². The molecule has 1 saturated heterocycles. The lowest BCUT2D eigenvalue weighted by atomic mass is 10.2. The third-order valence-electron chi connectivity index (χ3n) is 5.78. The first-order valence-electron chi connectivity index (χ1n) is 10.5. The Morgan fingerprint density at radius 2 is 1.74 bits per heavy atom. The van der Waals surface area contributed by atoms with Gasteiger partial charge in [-0.05, 0) is 57.1 Å². The van der Waals surface area contributed by atoms with E-state index in [1.54, 1.807) is 37.3 Å². The Hall–Kier alpha value is -3.26. The van der Waals surface area contributed by atoms with E-state index in [4.69, 9.17) is 0 Å². The summed E-state index contributed by atoms with van der Waals surface area (Å²) in [6, 6.07) is 11.3. The van der Waals surface area contributed by atoms with E-state index in [1.807, 2.05) is 0 Å². The molecule has 0 saturated carbocycles. The van der Waals surface area contributed by atoms with Gasteiger partial charge in [-0.25, -0.2) is 13.8 Å². The zero-order valence-electron chi connectivity index (χ0n) is 17.4. The number of carbonyl (C=O) groups is 1. The van der Waals surface area contributed by atoms with E-state index in [1.165, 1.54) is 35.6 Å². The summed E-state index contributed by atoms with van der Waals surface area (Å²) >= 11 is 0. The topological polar surface area (TPSA) is 76.3 Å². The second-order valence-electron chi connectivity index (χ2n) is 7.78. The minimum atomic E-state index is -0.880. The van der Waals surface area contributed by atoms with Crippen molar-refractivity contribution in [3.05, 3.63) is 75.2 Å². The number of benzene rings is 2. The molecule has 1 atom stereocenters. The molecule has 162 valence electrons. The van der Waals surface area contributed by atoms with E-state index in [2.05, 4.69) is 10.2 Å². The quantitative estimate of drug-likeness (QED) is 0.657. The van der Waals surface area contributed by atoms with E-state index < -0.39 is 23.1 Å². The first kappa shape index (κ1) is 21.0. The zero-order chi connectivity index (χ0) is 22.0. The fraction of sp³-hybridized carbons (Fsp3) is 0.348. The molecule has 2 aromatic carbocycles. The van der Waals surface area contributed by atoms with Crippen molar-refractivity contribution in [1.82, 2.24) is 19.4 Å². The lowest BCUT2D eigenvalue weighted by Crippen LogP contribution is -2.44. The van der Waals surface area contributed by atoms with Gasteiger partial charge in [-0.2, -0.15) is 0 Å². The van der Waals surface area contributed by atoms with Crippen molar-refractivity contribution in [2.45, 2.75) is 25.8 Å². The molecule has 1 aliphatic heterocycles. The molecule has 0 bridgehead atoms. The number of nitrogens with zero attached hydrogens (tertiary/aromatic N) is 3. The Labute approximate surface area is 178 Å². The molecule has 2 heterocycles. The van der Waals surface area contributed by atoms with E-state index >= 15 is 0 Å². The molecule has 0 aliphatic carbocycles. The number of carbonyl (C=O) groups excluding carboxylic acids is 1. The SMILES string of the molecule is CC(C(=O)NCCN1CCCC1)n1c(=O)n(-c2ccccc2F)c(=O)c2ccccc21. The standard InChI is InChI=1S/C23H25FN4O3/c1-16(21(29)25-12-15-26-13-6-7-14-26)27-19-10-4-2-8-17(19)22(30)28(23(27)31)20-11-5-3-9-18(20)24/h2-5,8-11,16H,6-7,12-15H2,1H3,(H,25,29). The van der Waals surface area contributed by atoms with Crippen molar-refractivity contribution in [3.63, 3.8) is 0 Å². The van der Waals surface area contributed by atoms with Crippen molar-refractivity contribution in [2.24, 2.45) is 0 Å². The summed E-state index contributed by atoms with van der Waals surface area (Å²) in [6.07, 6.45) is 2.34. The van der Waals surface area contributed by atoms with Gasteiger partial charge in [0.2, 0.25) is 5.91 Å². The maximum absolute atomic E-state index is 14.4. The molecule has 31 heavy (non-hydrogen) atoms. The van der Waals surface area contributed by atoms with Crippen molar-refractivity contribution in [2.75, 3.05) is 26.2 Å². The highest BCUT2D eigenvalue weighted by Crippen LogP contribution is 2.16. The van der Waals surface area contributed by atoms with Crippen LogP contribution in [0.1, 0.15) is 25.8 Å². The van der Waals surface area contributed by atoms with Crippen LogP contribution in [-0.2, 0) is 4.79 Å². The average molecular weight is 424 g/mol. The monoisotopic (exact) mass is 424 g/mol. The Balaban J connectivity index is 1.74. The summed E-state index contributed by atoms with van der Waals surface area (Å²) in [6.45, 7) is 4.90. The molecule has 1 aliphatic rings. The summed E-state index contributed by atoms with van der Waals surface area (Å²) in [5.74, 6) is -1.02. The fourth-order valence-corrected chi connectivity index (χ4v) is 4.11. The van der Waals surface area contributed by atoms with Crippen molar-refractivity contribution in [3.8, 4) is 5.69 Å². The predicted molar refractivity (Wildman–Crippen MR) is 117 cm³/mol. The molecule has 3 aromatic rings. The van der Waals surface area contributed by atoms with Crippen LogP contribution in [-0.4, -0.2) is 46.1 Å². The van der Waals surface area contributed by atoms with Gasteiger partial charge in [-0.1, -0.05) is 24.3 Å². The molecule has 0 radical (unpaired) electrons. The van der Waals surface area contributed by atoms with Crippen LogP contribution in [0, 0.1) is 5.82 Å². The molecule has 1 fully saturated rings. The van der Waals surface area contributed by atoms with Gasteiger partial charge >= 0.3 is 5.69 Å². The first-order chi connectivity index (χ1) is 15.0. The van der Waals surface area contributed by atoms with Crippen LogP contribution in [0.25, 0.3) is 16.6 Å². The molecule has 7 nitrogen and oxygen atoms in total. The molecular formula is C23H25FN4O3. The number of fused-ring (bicyclic) bond motifs is 1. The van der Waals surface area contributed by atoms with Crippen LogP contribution in [0.5, 0.6) is 0 Å². The lowest BCUT2D eigenvalue weighted by Gasteiger charge is -2.21. The summed E-state index contributed by atoms with van der Waals surface area (Å²) in [5.41, 5.74) is -1.18. The second kappa shape index (κ2) is 8.85. The van der Waals surface area contributed by atoms with Gasteiger partial charge in [-0.15, -0.1) is 0 Å². The van der Waals surface area contributed by atoms with Gasteiger partial charge in [0, 0.05) is 13.1 Å². The number of hydrogen-bond donors (Lipinski definition) is 1. The smallest absolute Gasteiger partial charge is 0.336 e. The minimum Gasteiger partial charge on any atom is -0.353 e. The molecule has 1 N–H and O–H groups in total. The number of amides is 1. The Bertz CT molecular complexity index is 1230. The van der Waals surface area contributed by atoms with Crippen LogP contribution in [0.15, 0.2) is 58.1 Å².